The van der Waals surface area contributed by atoms with Crippen LogP contribution in [-0.4, -0.2) is 17.7 Å². The Balaban J connectivity index is 1.70. The third kappa shape index (κ3) is 11.2. The highest BCUT2D eigenvalue weighted by Gasteiger charge is 2.21. The van der Waals surface area contributed by atoms with Gasteiger partial charge in [0.25, 0.3) is 0 Å². The fourth-order valence-electron chi connectivity index (χ4n) is 2.28. The van der Waals surface area contributed by atoms with Crippen LogP contribution in [0.4, 0.5) is 0 Å². The van der Waals surface area contributed by atoms with Crippen molar-refractivity contribution in [3.63, 3.8) is 0 Å². The lowest BCUT2D eigenvalue weighted by atomic mass is 10.1. The van der Waals surface area contributed by atoms with Crippen LogP contribution in [0.25, 0.3) is 0 Å². The van der Waals surface area contributed by atoms with Crippen molar-refractivity contribution in [3.05, 3.63) is 0 Å². The van der Waals surface area contributed by atoms with Gasteiger partial charge in [-0.15, -0.1) is 0 Å². The Morgan fingerprint density at radius 1 is 0.895 bits per heavy atom. The van der Waals surface area contributed by atoms with E-state index in [1.54, 1.807) is 0 Å². The smallest absolute Gasteiger partial charge is 0.166 e. The van der Waals surface area contributed by atoms with E-state index >= 15 is 0 Å². The van der Waals surface area contributed by atoms with E-state index in [0.717, 1.165) is 11.7 Å². The molecule has 0 aliphatic heterocycles. The first kappa shape index (κ1) is 16.7. The average molecular weight is 285 g/mol. The number of hydrogen-bond donors (Lipinski definition) is 2. The fourth-order valence-corrected chi connectivity index (χ4v) is 2.55. The molecular weight excluding hydrogens is 252 g/mol. The molecule has 1 rings (SSSR count). The van der Waals surface area contributed by atoms with Crippen LogP contribution in [-0.2, 0) is 0 Å². The summed E-state index contributed by atoms with van der Waals surface area (Å²) in [4.78, 5) is 0. The minimum Gasteiger partial charge on any atom is -0.363 e. The van der Waals surface area contributed by atoms with Crippen LogP contribution >= 0.6 is 12.2 Å². The van der Waals surface area contributed by atoms with Crippen molar-refractivity contribution in [2.75, 3.05) is 6.54 Å². The van der Waals surface area contributed by atoms with E-state index in [2.05, 4.69) is 17.6 Å². The summed E-state index contributed by atoms with van der Waals surface area (Å²) >= 11 is 5.22. The van der Waals surface area contributed by atoms with Crippen molar-refractivity contribution < 1.29 is 0 Å². The van der Waals surface area contributed by atoms with Gasteiger partial charge in [0.15, 0.2) is 5.11 Å². The Hall–Kier alpha value is -0.310. The molecule has 0 bridgehead atoms. The number of rotatable bonds is 12. The first-order valence-electron chi connectivity index (χ1n) is 8.37. The summed E-state index contributed by atoms with van der Waals surface area (Å²) in [5.74, 6) is 0. The van der Waals surface area contributed by atoms with Crippen LogP contribution in [0.15, 0.2) is 0 Å². The highest BCUT2D eigenvalue weighted by molar-refractivity contribution is 7.80. The Bertz CT molecular complexity index is 227. The molecule has 0 heterocycles. The highest BCUT2D eigenvalue weighted by atomic mass is 32.1. The average Bonchev–Trinajstić information content (AvgIpc) is 3.20. The molecule has 1 aliphatic carbocycles. The lowest BCUT2D eigenvalue weighted by molar-refractivity contribution is 0.554. The Morgan fingerprint density at radius 2 is 1.42 bits per heavy atom. The zero-order valence-electron chi connectivity index (χ0n) is 12.7. The lowest BCUT2D eigenvalue weighted by Crippen LogP contribution is -2.36. The Labute approximate surface area is 125 Å². The van der Waals surface area contributed by atoms with Gasteiger partial charge in [-0.05, 0) is 31.5 Å². The van der Waals surface area contributed by atoms with Crippen molar-refractivity contribution in [2.24, 2.45) is 0 Å². The van der Waals surface area contributed by atoms with E-state index in [9.17, 15) is 0 Å². The molecule has 0 spiro atoms. The molecule has 2 nitrogen and oxygen atoms in total. The molecule has 0 unspecified atom stereocenters. The summed E-state index contributed by atoms with van der Waals surface area (Å²) in [6.07, 6.45) is 16.5. The van der Waals surface area contributed by atoms with E-state index in [4.69, 9.17) is 12.2 Å². The second-order valence-corrected chi connectivity index (χ2v) is 6.26. The minimum absolute atomic E-state index is 0.674. The van der Waals surface area contributed by atoms with E-state index in [1.165, 1.54) is 77.0 Å². The normalized spacial score (nSPS) is 14.4. The van der Waals surface area contributed by atoms with Crippen molar-refractivity contribution in [1.82, 2.24) is 10.6 Å². The van der Waals surface area contributed by atoms with Gasteiger partial charge >= 0.3 is 0 Å². The van der Waals surface area contributed by atoms with Crippen LogP contribution in [0.3, 0.4) is 0 Å². The number of unbranched alkanes of at least 4 members (excludes halogenated alkanes) is 9. The van der Waals surface area contributed by atoms with E-state index in [1.807, 2.05) is 0 Å². The van der Waals surface area contributed by atoms with Crippen molar-refractivity contribution in [3.8, 4) is 0 Å². The zero-order chi connectivity index (χ0) is 13.8. The molecule has 19 heavy (non-hydrogen) atoms. The van der Waals surface area contributed by atoms with E-state index < -0.39 is 0 Å². The number of nitrogens with one attached hydrogen (secondary N) is 2. The van der Waals surface area contributed by atoms with Crippen LogP contribution < -0.4 is 10.6 Å². The molecule has 0 saturated heterocycles. The second-order valence-electron chi connectivity index (χ2n) is 5.86. The summed E-state index contributed by atoms with van der Waals surface area (Å²) in [5, 5.41) is 7.47. The Morgan fingerprint density at radius 3 is 1.95 bits per heavy atom. The maximum atomic E-state index is 5.22. The summed E-state index contributed by atoms with van der Waals surface area (Å²) in [6.45, 7) is 3.31. The molecular formula is C16H32N2S. The molecule has 0 amide bonds. The monoisotopic (exact) mass is 284 g/mol. The first-order valence-corrected chi connectivity index (χ1v) is 8.78. The van der Waals surface area contributed by atoms with Crippen LogP contribution in [0.2, 0.25) is 0 Å². The molecule has 1 aliphatic rings. The van der Waals surface area contributed by atoms with Gasteiger partial charge in [0.2, 0.25) is 0 Å². The SMILES string of the molecule is CCCCCCCCCCCCNC(=S)NC1CC1. The molecule has 3 heteroatoms. The molecule has 0 radical (unpaired) electrons. The van der Waals surface area contributed by atoms with E-state index in [0.29, 0.717) is 6.04 Å². The van der Waals surface area contributed by atoms with Gasteiger partial charge in [0.05, 0.1) is 0 Å². The number of hydrogen-bond acceptors (Lipinski definition) is 1. The maximum absolute atomic E-state index is 5.22. The minimum atomic E-state index is 0.674. The van der Waals surface area contributed by atoms with Crippen molar-refractivity contribution in [2.45, 2.75) is 90.0 Å². The summed E-state index contributed by atoms with van der Waals surface area (Å²) in [7, 11) is 0. The van der Waals surface area contributed by atoms with Gasteiger partial charge < -0.3 is 10.6 Å². The fraction of sp³-hybridized carbons (Fsp3) is 0.938. The van der Waals surface area contributed by atoms with Crippen LogP contribution in [0, 0.1) is 0 Å². The predicted octanol–water partition coefficient (Wildman–Crippen LogP) is 4.53. The quantitative estimate of drug-likeness (QED) is 0.406. The number of thiocarbonyl (C=S) groups is 1. The zero-order valence-corrected chi connectivity index (χ0v) is 13.5. The van der Waals surface area contributed by atoms with Crippen LogP contribution in [0.1, 0.15) is 84.0 Å². The van der Waals surface area contributed by atoms with Gasteiger partial charge in [-0.3, -0.25) is 0 Å². The molecule has 1 fully saturated rings. The third-order valence-corrected chi connectivity index (χ3v) is 3.99. The third-order valence-electron chi connectivity index (χ3n) is 3.73. The Kier molecular flexibility index (Phi) is 10.1. The highest BCUT2D eigenvalue weighted by Crippen LogP contribution is 2.18. The maximum Gasteiger partial charge on any atom is 0.166 e. The summed E-state index contributed by atoms with van der Waals surface area (Å²) in [5.41, 5.74) is 0. The summed E-state index contributed by atoms with van der Waals surface area (Å²) in [6, 6.07) is 0.674. The lowest BCUT2D eigenvalue weighted by Gasteiger charge is -2.09. The molecule has 0 atom stereocenters. The molecule has 0 aromatic rings. The van der Waals surface area contributed by atoms with Gasteiger partial charge in [-0.25, -0.2) is 0 Å². The molecule has 1 saturated carbocycles. The topological polar surface area (TPSA) is 24.1 Å². The second kappa shape index (κ2) is 11.5. The van der Waals surface area contributed by atoms with Gasteiger partial charge in [-0.2, -0.15) is 0 Å². The van der Waals surface area contributed by atoms with E-state index in [-0.39, 0.29) is 0 Å². The molecule has 0 aromatic heterocycles. The molecule has 112 valence electrons. The van der Waals surface area contributed by atoms with Gasteiger partial charge in [0, 0.05) is 12.6 Å². The standard InChI is InChI=1S/C16H32N2S/c1-2-3-4-5-6-7-8-9-10-11-14-17-16(19)18-15-12-13-15/h15H,2-14H2,1H3,(H2,17,18,19). The molecule has 0 aromatic carbocycles. The van der Waals surface area contributed by atoms with Gasteiger partial charge in [-0.1, -0.05) is 64.7 Å². The molecule has 2 N–H and O–H groups in total. The summed E-state index contributed by atoms with van der Waals surface area (Å²) < 4.78 is 0. The van der Waals surface area contributed by atoms with Crippen molar-refractivity contribution in [1.29, 1.82) is 0 Å². The predicted molar refractivity (Wildman–Crippen MR) is 88.6 cm³/mol. The van der Waals surface area contributed by atoms with Gasteiger partial charge in [0.1, 0.15) is 0 Å². The first-order chi connectivity index (χ1) is 9.33. The largest absolute Gasteiger partial charge is 0.363 e. The van der Waals surface area contributed by atoms with Crippen LogP contribution in [0.5, 0.6) is 0 Å². The van der Waals surface area contributed by atoms with Crippen molar-refractivity contribution >= 4 is 17.3 Å².